The maximum absolute atomic E-state index is 12.4. The molecule has 138 valence electrons. The zero-order valence-electron chi connectivity index (χ0n) is 15.3. The Balaban J connectivity index is 2.03. The summed E-state index contributed by atoms with van der Waals surface area (Å²) in [4.78, 5) is 27.6. The first-order valence-corrected chi connectivity index (χ1v) is 10.2. The number of amides is 2. The molecule has 1 aromatic rings. The molecular formula is C18H26N2O4S. The van der Waals surface area contributed by atoms with Crippen molar-refractivity contribution in [2.24, 2.45) is 0 Å². The molecule has 0 bridgehead atoms. The molecular weight excluding hydrogens is 340 g/mol. The first-order chi connectivity index (χ1) is 11.6. The summed E-state index contributed by atoms with van der Waals surface area (Å²) < 4.78 is 23.2. The summed E-state index contributed by atoms with van der Waals surface area (Å²) in [6.07, 6.45) is 0.651. The topological polar surface area (TPSA) is 74.8 Å². The number of hydrogen-bond donors (Lipinski definition) is 0. The average Bonchev–Trinajstić information content (AvgIpc) is 2.88. The molecule has 6 nitrogen and oxygen atoms in total. The molecule has 1 atom stereocenters. The quantitative estimate of drug-likeness (QED) is 0.795. The molecule has 1 fully saturated rings. The molecule has 1 heterocycles. The summed E-state index contributed by atoms with van der Waals surface area (Å²) >= 11 is 0. The zero-order chi connectivity index (χ0) is 18.8. The Labute approximate surface area is 149 Å². The predicted octanol–water partition coefficient (Wildman–Crippen LogP) is 1.69. The van der Waals surface area contributed by atoms with Gasteiger partial charge in [0.25, 0.3) is 0 Å². The molecule has 0 N–H and O–H groups in total. The molecule has 2 amide bonds. The fourth-order valence-electron chi connectivity index (χ4n) is 3.22. The Hall–Kier alpha value is -1.89. The fraction of sp³-hybridized carbons (Fsp3) is 0.556. The lowest BCUT2D eigenvalue weighted by Gasteiger charge is -2.27. The highest BCUT2D eigenvalue weighted by atomic mass is 32.2. The standard InChI is InChI=1S/C18H26N2O4S/c1-13-5-6-17(14(2)11-13)20(15(3)21)9-7-18(22)19(4)16-8-10-25(23,24)12-16/h5-6,11,16H,7-10,12H2,1-4H3. The first-order valence-electron chi connectivity index (χ1n) is 8.42. The Morgan fingerprint density at radius 2 is 1.92 bits per heavy atom. The van der Waals surface area contributed by atoms with Gasteiger partial charge in [0.1, 0.15) is 0 Å². The van der Waals surface area contributed by atoms with E-state index in [0.717, 1.165) is 16.8 Å². The van der Waals surface area contributed by atoms with Crippen LogP contribution >= 0.6 is 0 Å². The first kappa shape index (κ1) is 19.4. The minimum absolute atomic E-state index is 0.0305. The second kappa shape index (κ2) is 7.56. The van der Waals surface area contributed by atoms with Gasteiger partial charge >= 0.3 is 0 Å². The number of rotatable bonds is 5. The van der Waals surface area contributed by atoms with Crippen LogP contribution in [0, 0.1) is 13.8 Å². The lowest BCUT2D eigenvalue weighted by atomic mass is 10.1. The van der Waals surface area contributed by atoms with Gasteiger partial charge in [-0.05, 0) is 31.9 Å². The number of carbonyl (C=O) groups excluding carboxylic acids is 2. The smallest absolute Gasteiger partial charge is 0.224 e. The summed E-state index contributed by atoms with van der Waals surface area (Å²) in [5.41, 5.74) is 2.90. The molecule has 7 heteroatoms. The van der Waals surface area contributed by atoms with Crippen molar-refractivity contribution in [3.05, 3.63) is 29.3 Å². The van der Waals surface area contributed by atoms with Gasteiger partial charge in [-0.25, -0.2) is 8.42 Å². The number of hydrogen-bond acceptors (Lipinski definition) is 4. The minimum atomic E-state index is -3.03. The summed E-state index contributed by atoms with van der Waals surface area (Å²) in [6.45, 7) is 5.69. The van der Waals surface area contributed by atoms with Crippen molar-refractivity contribution < 1.29 is 18.0 Å². The lowest BCUT2D eigenvalue weighted by Crippen LogP contribution is -2.40. The second-order valence-corrected chi connectivity index (χ2v) is 9.00. The minimum Gasteiger partial charge on any atom is -0.342 e. The van der Waals surface area contributed by atoms with Gasteiger partial charge < -0.3 is 9.80 Å². The van der Waals surface area contributed by atoms with Crippen LogP contribution in [0.1, 0.15) is 30.9 Å². The van der Waals surface area contributed by atoms with Crippen molar-refractivity contribution in [1.29, 1.82) is 0 Å². The molecule has 0 aliphatic carbocycles. The SMILES string of the molecule is CC(=O)N(CCC(=O)N(C)C1CCS(=O)(=O)C1)c1ccc(C)cc1C. The van der Waals surface area contributed by atoms with E-state index in [1.165, 1.54) is 11.8 Å². The van der Waals surface area contributed by atoms with E-state index in [1.807, 2.05) is 32.0 Å². The van der Waals surface area contributed by atoms with Crippen LogP contribution in [-0.2, 0) is 19.4 Å². The molecule has 1 aromatic carbocycles. The van der Waals surface area contributed by atoms with Crippen LogP contribution in [0.2, 0.25) is 0 Å². The second-order valence-electron chi connectivity index (χ2n) is 6.77. The highest BCUT2D eigenvalue weighted by molar-refractivity contribution is 7.91. The number of carbonyl (C=O) groups is 2. The molecule has 0 radical (unpaired) electrons. The third kappa shape index (κ3) is 4.81. The predicted molar refractivity (Wildman–Crippen MR) is 98.4 cm³/mol. The third-order valence-corrected chi connectivity index (χ3v) is 6.47. The summed E-state index contributed by atoms with van der Waals surface area (Å²) in [5, 5.41) is 0. The normalized spacial score (nSPS) is 18.8. The molecule has 1 saturated heterocycles. The zero-order valence-corrected chi connectivity index (χ0v) is 16.1. The van der Waals surface area contributed by atoms with E-state index in [0.29, 0.717) is 6.42 Å². The van der Waals surface area contributed by atoms with Crippen molar-refractivity contribution >= 4 is 27.3 Å². The maximum Gasteiger partial charge on any atom is 0.224 e. The van der Waals surface area contributed by atoms with E-state index in [2.05, 4.69) is 0 Å². The van der Waals surface area contributed by atoms with Crippen molar-refractivity contribution in [2.75, 3.05) is 30.0 Å². The van der Waals surface area contributed by atoms with Crippen molar-refractivity contribution in [1.82, 2.24) is 4.90 Å². The fourth-order valence-corrected chi connectivity index (χ4v) is 5.00. The van der Waals surface area contributed by atoms with E-state index in [1.54, 1.807) is 11.9 Å². The Kier molecular flexibility index (Phi) is 5.87. The van der Waals surface area contributed by atoms with Gasteiger partial charge in [-0.2, -0.15) is 0 Å². The Morgan fingerprint density at radius 3 is 2.44 bits per heavy atom. The van der Waals surface area contributed by atoms with E-state index >= 15 is 0 Å². The van der Waals surface area contributed by atoms with Crippen LogP contribution in [0.25, 0.3) is 0 Å². The van der Waals surface area contributed by atoms with Crippen molar-refractivity contribution in [3.63, 3.8) is 0 Å². The van der Waals surface area contributed by atoms with Crippen molar-refractivity contribution in [2.45, 2.75) is 39.7 Å². The maximum atomic E-state index is 12.4. The molecule has 1 unspecified atom stereocenters. The van der Waals surface area contributed by atoms with Gasteiger partial charge in [0.2, 0.25) is 11.8 Å². The molecule has 0 saturated carbocycles. The van der Waals surface area contributed by atoms with E-state index in [4.69, 9.17) is 0 Å². The van der Waals surface area contributed by atoms with Gasteiger partial charge in [0, 0.05) is 38.7 Å². The van der Waals surface area contributed by atoms with E-state index < -0.39 is 9.84 Å². The van der Waals surface area contributed by atoms with Gasteiger partial charge in [0.05, 0.1) is 11.5 Å². The molecule has 1 aliphatic heterocycles. The largest absolute Gasteiger partial charge is 0.342 e. The molecule has 25 heavy (non-hydrogen) atoms. The van der Waals surface area contributed by atoms with Crippen LogP contribution in [-0.4, -0.2) is 56.3 Å². The van der Waals surface area contributed by atoms with Crippen LogP contribution in [0.5, 0.6) is 0 Å². The van der Waals surface area contributed by atoms with Gasteiger partial charge in [-0.15, -0.1) is 0 Å². The Morgan fingerprint density at radius 1 is 1.24 bits per heavy atom. The van der Waals surface area contributed by atoms with Crippen LogP contribution in [0.15, 0.2) is 18.2 Å². The van der Waals surface area contributed by atoms with Crippen molar-refractivity contribution in [3.8, 4) is 0 Å². The number of benzene rings is 1. The van der Waals surface area contributed by atoms with Crippen LogP contribution < -0.4 is 4.90 Å². The number of sulfone groups is 1. The number of aryl methyl sites for hydroxylation is 2. The van der Waals surface area contributed by atoms with Gasteiger partial charge in [-0.1, -0.05) is 17.7 Å². The van der Waals surface area contributed by atoms with Gasteiger partial charge in [-0.3, -0.25) is 9.59 Å². The summed E-state index contributed by atoms with van der Waals surface area (Å²) in [5.74, 6) is -0.0934. The monoisotopic (exact) mass is 366 g/mol. The summed E-state index contributed by atoms with van der Waals surface area (Å²) in [6, 6.07) is 5.58. The highest BCUT2D eigenvalue weighted by Gasteiger charge is 2.32. The third-order valence-electron chi connectivity index (χ3n) is 4.72. The molecule has 0 spiro atoms. The summed E-state index contributed by atoms with van der Waals surface area (Å²) in [7, 11) is -1.39. The van der Waals surface area contributed by atoms with Gasteiger partial charge in [0.15, 0.2) is 9.84 Å². The lowest BCUT2D eigenvalue weighted by molar-refractivity contribution is -0.131. The number of nitrogens with zero attached hydrogens (tertiary/aromatic N) is 2. The average molecular weight is 366 g/mol. The molecule has 0 aromatic heterocycles. The van der Waals surface area contributed by atoms with E-state index in [9.17, 15) is 18.0 Å². The van der Waals surface area contributed by atoms with Crippen LogP contribution in [0.3, 0.4) is 0 Å². The number of anilines is 1. The Bertz CT molecular complexity index is 773. The highest BCUT2D eigenvalue weighted by Crippen LogP contribution is 2.22. The van der Waals surface area contributed by atoms with E-state index in [-0.39, 0.29) is 42.3 Å². The molecule has 1 aliphatic rings. The molecule has 2 rings (SSSR count). The van der Waals surface area contributed by atoms with Crippen LogP contribution in [0.4, 0.5) is 5.69 Å².